The lowest BCUT2D eigenvalue weighted by Crippen LogP contribution is -2.54. The van der Waals surface area contributed by atoms with Crippen molar-refractivity contribution < 1.29 is 19.5 Å². The van der Waals surface area contributed by atoms with Crippen molar-refractivity contribution in [2.24, 2.45) is 11.8 Å². The zero-order valence-electron chi connectivity index (χ0n) is 21.8. The van der Waals surface area contributed by atoms with Crippen molar-refractivity contribution in [2.75, 3.05) is 17.2 Å². The van der Waals surface area contributed by atoms with Gasteiger partial charge in [0.05, 0.1) is 29.2 Å². The lowest BCUT2D eigenvalue weighted by molar-refractivity contribution is -0.141. The van der Waals surface area contributed by atoms with Gasteiger partial charge in [-0.15, -0.1) is 11.8 Å². The minimum atomic E-state index is -0.775. The molecule has 3 saturated heterocycles. The van der Waals surface area contributed by atoms with E-state index in [-0.39, 0.29) is 24.3 Å². The van der Waals surface area contributed by atoms with E-state index in [0.29, 0.717) is 18.5 Å². The van der Waals surface area contributed by atoms with Gasteiger partial charge in [0, 0.05) is 16.1 Å². The zero-order chi connectivity index (χ0) is 26.5. The fourth-order valence-electron chi connectivity index (χ4n) is 6.68. The van der Waals surface area contributed by atoms with Crippen LogP contribution in [0.1, 0.15) is 44.2 Å². The standard InChI is InChI=1S/C29H35N3O4S/c1-5-20(16-33)32-24(26(35)31-21-15-17(2)11-12-18(21)3)29-14-13-28(4,37-29)22(23(29)27(32)36)25(34)30-19-9-7-6-8-10-19/h6-12,15,20,22-24,33H,5,13-14,16H2,1-4H3,(H,30,34)(H,31,35)/t20-,22-,23-,24?,28+,29?/m0/s1. The number of aliphatic hydroxyl groups is 1. The van der Waals surface area contributed by atoms with Gasteiger partial charge in [-0.2, -0.15) is 0 Å². The third-order valence-electron chi connectivity index (χ3n) is 8.51. The van der Waals surface area contributed by atoms with Crippen molar-refractivity contribution >= 4 is 40.9 Å². The molecule has 1 spiro atoms. The number of aliphatic hydroxyl groups excluding tert-OH is 1. The molecule has 2 bridgehead atoms. The van der Waals surface area contributed by atoms with Crippen molar-refractivity contribution in [1.29, 1.82) is 0 Å². The lowest BCUT2D eigenvalue weighted by Gasteiger charge is -2.36. The number of likely N-dealkylation sites (tertiary alicyclic amines) is 1. The van der Waals surface area contributed by atoms with Crippen LogP contribution < -0.4 is 10.6 Å². The molecule has 3 heterocycles. The van der Waals surface area contributed by atoms with Gasteiger partial charge in [-0.05, 0) is 69.4 Å². The average molecular weight is 522 g/mol. The number of nitrogens with one attached hydrogen (secondary N) is 2. The predicted octanol–water partition coefficient (Wildman–Crippen LogP) is 4.13. The molecular weight excluding hydrogens is 486 g/mol. The van der Waals surface area contributed by atoms with Gasteiger partial charge in [0.2, 0.25) is 17.7 Å². The van der Waals surface area contributed by atoms with E-state index in [1.54, 1.807) is 16.7 Å². The molecule has 3 aliphatic heterocycles. The Morgan fingerprint density at radius 1 is 1.11 bits per heavy atom. The van der Waals surface area contributed by atoms with Gasteiger partial charge in [-0.1, -0.05) is 37.3 Å². The highest BCUT2D eigenvalue weighted by Gasteiger charge is 2.77. The Labute approximate surface area is 222 Å². The summed E-state index contributed by atoms with van der Waals surface area (Å²) in [6.07, 6.45) is 1.93. The molecule has 37 heavy (non-hydrogen) atoms. The molecule has 3 fully saturated rings. The molecule has 196 valence electrons. The van der Waals surface area contributed by atoms with E-state index in [1.165, 1.54) is 0 Å². The Kier molecular flexibility index (Phi) is 6.61. The number of hydrogen-bond donors (Lipinski definition) is 3. The summed E-state index contributed by atoms with van der Waals surface area (Å²) in [6, 6.07) is 13.9. The van der Waals surface area contributed by atoms with Crippen LogP contribution >= 0.6 is 11.8 Å². The Balaban J connectivity index is 1.54. The van der Waals surface area contributed by atoms with Gasteiger partial charge in [0.25, 0.3) is 0 Å². The highest BCUT2D eigenvalue weighted by molar-refractivity contribution is 8.02. The zero-order valence-corrected chi connectivity index (χ0v) is 22.6. The van der Waals surface area contributed by atoms with E-state index in [0.717, 1.165) is 23.2 Å². The summed E-state index contributed by atoms with van der Waals surface area (Å²) in [5, 5.41) is 16.3. The van der Waals surface area contributed by atoms with Crippen LogP contribution in [-0.2, 0) is 14.4 Å². The first-order chi connectivity index (χ1) is 17.6. The number of para-hydroxylation sites is 1. The molecule has 5 rings (SSSR count). The van der Waals surface area contributed by atoms with Gasteiger partial charge in [0.1, 0.15) is 6.04 Å². The third kappa shape index (κ3) is 4.05. The quantitative estimate of drug-likeness (QED) is 0.509. The number of carbonyl (C=O) groups excluding carboxylic acids is 3. The Morgan fingerprint density at radius 2 is 1.84 bits per heavy atom. The lowest BCUT2D eigenvalue weighted by atomic mass is 9.66. The number of nitrogens with zero attached hydrogens (tertiary/aromatic N) is 1. The van der Waals surface area contributed by atoms with Crippen LogP contribution in [0.15, 0.2) is 48.5 Å². The number of anilines is 2. The highest BCUT2D eigenvalue weighted by Crippen LogP contribution is 2.71. The number of amides is 3. The first kappa shape index (κ1) is 25.8. The first-order valence-electron chi connectivity index (χ1n) is 13.0. The maximum absolute atomic E-state index is 14.2. The fraction of sp³-hybridized carbons (Fsp3) is 0.483. The van der Waals surface area contributed by atoms with Crippen LogP contribution in [0.3, 0.4) is 0 Å². The maximum atomic E-state index is 14.2. The minimum absolute atomic E-state index is 0.186. The molecule has 2 aromatic carbocycles. The molecule has 2 aromatic rings. The summed E-state index contributed by atoms with van der Waals surface area (Å²) < 4.78 is -1.18. The van der Waals surface area contributed by atoms with Crippen LogP contribution in [0.4, 0.5) is 11.4 Å². The fourth-order valence-corrected chi connectivity index (χ4v) is 9.03. The first-order valence-corrected chi connectivity index (χ1v) is 13.8. The van der Waals surface area contributed by atoms with E-state index in [1.807, 2.05) is 69.3 Å². The van der Waals surface area contributed by atoms with E-state index < -0.39 is 33.4 Å². The molecule has 0 radical (unpaired) electrons. The SMILES string of the molecule is CC[C@@H](CO)N1C(=O)[C@@H]2[C@@H](C(=O)Nc3ccccc3)[C@@]3(C)CCC2(S3)C1C(=O)Nc1cc(C)ccc1C. The van der Waals surface area contributed by atoms with Crippen LogP contribution in [-0.4, -0.2) is 55.9 Å². The van der Waals surface area contributed by atoms with Crippen LogP contribution in [0.2, 0.25) is 0 Å². The second-order valence-electron chi connectivity index (χ2n) is 10.9. The smallest absolute Gasteiger partial charge is 0.248 e. The molecule has 0 aromatic heterocycles. The Bertz CT molecular complexity index is 1230. The van der Waals surface area contributed by atoms with Gasteiger partial charge in [-0.25, -0.2) is 0 Å². The van der Waals surface area contributed by atoms with Gasteiger partial charge in [0.15, 0.2) is 0 Å². The number of hydrogen-bond acceptors (Lipinski definition) is 5. The number of thioether (sulfide) groups is 1. The van der Waals surface area contributed by atoms with Crippen molar-refractivity contribution in [3.63, 3.8) is 0 Å². The summed E-state index contributed by atoms with van der Waals surface area (Å²) in [7, 11) is 0. The van der Waals surface area contributed by atoms with Gasteiger partial charge >= 0.3 is 0 Å². The molecule has 0 aliphatic carbocycles. The topological polar surface area (TPSA) is 98.7 Å². The van der Waals surface area contributed by atoms with Crippen LogP contribution in [0.5, 0.6) is 0 Å². The minimum Gasteiger partial charge on any atom is -0.394 e. The van der Waals surface area contributed by atoms with Gasteiger partial charge < -0.3 is 20.6 Å². The Morgan fingerprint density at radius 3 is 2.51 bits per heavy atom. The molecule has 3 N–H and O–H groups in total. The molecule has 7 nitrogen and oxygen atoms in total. The van der Waals surface area contributed by atoms with E-state index in [2.05, 4.69) is 17.6 Å². The number of fused-ring (bicyclic) bond motifs is 1. The maximum Gasteiger partial charge on any atom is 0.248 e. The summed E-state index contributed by atoms with van der Waals surface area (Å²) in [5.41, 5.74) is 3.37. The van der Waals surface area contributed by atoms with Crippen molar-refractivity contribution in [1.82, 2.24) is 4.90 Å². The number of aryl methyl sites for hydroxylation is 2. The summed E-state index contributed by atoms with van der Waals surface area (Å²) in [5.74, 6) is -1.84. The molecule has 0 saturated carbocycles. The summed E-state index contributed by atoms with van der Waals surface area (Å²) in [4.78, 5) is 43.6. The molecule has 8 heteroatoms. The number of benzene rings is 2. The summed E-state index contributed by atoms with van der Waals surface area (Å²) in [6.45, 7) is 7.64. The monoisotopic (exact) mass is 521 g/mol. The second-order valence-corrected chi connectivity index (χ2v) is 12.8. The molecule has 3 aliphatic rings. The molecule has 3 amide bonds. The number of carbonyl (C=O) groups is 3. The average Bonchev–Trinajstić information content (AvgIpc) is 3.44. The van der Waals surface area contributed by atoms with Crippen molar-refractivity contribution in [3.8, 4) is 0 Å². The summed E-state index contributed by atoms with van der Waals surface area (Å²) >= 11 is 1.63. The molecule has 6 atom stereocenters. The Hall–Kier alpha value is -2.84. The van der Waals surface area contributed by atoms with Crippen LogP contribution in [0.25, 0.3) is 0 Å². The van der Waals surface area contributed by atoms with E-state index in [9.17, 15) is 19.5 Å². The van der Waals surface area contributed by atoms with Gasteiger partial charge in [-0.3, -0.25) is 14.4 Å². The van der Waals surface area contributed by atoms with Crippen LogP contribution in [0, 0.1) is 25.7 Å². The normalized spacial score (nSPS) is 30.8. The second kappa shape index (κ2) is 9.48. The van der Waals surface area contributed by atoms with Crippen molar-refractivity contribution in [3.05, 3.63) is 59.7 Å². The van der Waals surface area contributed by atoms with E-state index >= 15 is 0 Å². The molecule has 2 unspecified atom stereocenters. The third-order valence-corrected chi connectivity index (χ3v) is 10.5. The van der Waals surface area contributed by atoms with Crippen molar-refractivity contribution in [2.45, 2.75) is 68.5 Å². The molecular formula is C29H35N3O4S. The largest absolute Gasteiger partial charge is 0.394 e. The number of rotatable bonds is 7. The predicted molar refractivity (Wildman–Crippen MR) is 146 cm³/mol. The van der Waals surface area contributed by atoms with E-state index in [4.69, 9.17) is 0 Å². The highest BCUT2D eigenvalue weighted by atomic mass is 32.2.